The van der Waals surface area contributed by atoms with E-state index in [1.54, 1.807) is 11.3 Å². The van der Waals surface area contributed by atoms with E-state index in [-0.39, 0.29) is 40.9 Å². The van der Waals surface area contributed by atoms with Crippen molar-refractivity contribution in [1.82, 2.24) is 9.88 Å². The number of fused-ring (bicyclic) bond motifs is 2. The fourth-order valence-corrected chi connectivity index (χ4v) is 8.45. The largest absolute Gasteiger partial charge is 0.392 e. The lowest BCUT2D eigenvalue weighted by Gasteiger charge is -2.53. The number of carbonyl (C=O) groups excluding carboxylic acids is 2. The molecule has 0 bridgehead atoms. The van der Waals surface area contributed by atoms with Crippen LogP contribution in [0.3, 0.4) is 0 Å². The average Bonchev–Trinajstić information content (AvgIpc) is 3.54. The number of nitrogens with zero attached hydrogens (tertiary/aromatic N) is 2. The van der Waals surface area contributed by atoms with Crippen molar-refractivity contribution in [2.75, 3.05) is 18.4 Å². The van der Waals surface area contributed by atoms with Crippen LogP contribution < -0.4 is 5.32 Å². The first kappa shape index (κ1) is 23.0. The summed E-state index contributed by atoms with van der Waals surface area (Å²) >= 11 is 2.98. The maximum absolute atomic E-state index is 13.1. The van der Waals surface area contributed by atoms with Gasteiger partial charge in [-0.2, -0.15) is 0 Å². The molecule has 2 aromatic heterocycles. The smallest absolute Gasteiger partial charge is 0.267 e. The van der Waals surface area contributed by atoms with Gasteiger partial charge in [0.2, 0.25) is 5.91 Å². The quantitative estimate of drug-likeness (QED) is 0.651. The minimum Gasteiger partial charge on any atom is -0.392 e. The summed E-state index contributed by atoms with van der Waals surface area (Å²) in [6.45, 7) is 8.16. The number of rotatable bonds is 4. The van der Waals surface area contributed by atoms with Gasteiger partial charge in [-0.15, -0.1) is 22.7 Å². The zero-order chi connectivity index (χ0) is 23.3. The topological polar surface area (TPSA) is 82.5 Å². The summed E-state index contributed by atoms with van der Waals surface area (Å²) in [4.78, 5) is 34.3. The number of amides is 2. The number of aromatic nitrogens is 1. The van der Waals surface area contributed by atoms with E-state index >= 15 is 0 Å². The molecule has 2 fully saturated rings. The van der Waals surface area contributed by atoms with E-state index in [0.717, 1.165) is 50.9 Å². The van der Waals surface area contributed by atoms with Gasteiger partial charge in [0.25, 0.3) is 5.91 Å². The molecule has 6 atom stereocenters. The Morgan fingerprint density at radius 3 is 2.79 bits per heavy atom. The van der Waals surface area contributed by atoms with Crippen molar-refractivity contribution >= 4 is 39.6 Å². The predicted octanol–water partition coefficient (Wildman–Crippen LogP) is 4.77. The number of aliphatic hydroxyl groups is 1. The Labute approximate surface area is 203 Å². The van der Waals surface area contributed by atoms with E-state index in [0.29, 0.717) is 10.0 Å². The van der Waals surface area contributed by atoms with Crippen LogP contribution in [0.25, 0.3) is 0 Å². The van der Waals surface area contributed by atoms with Gasteiger partial charge in [-0.1, -0.05) is 26.8 Å². The summed E-state index contributed by atoms with van der Waals surface area (Å²) in [5.74, 6) is 0.0391. The molecule has 1 saturated heterocycles. The molecular weight excluding hydrogens is 454 g/mol. The van der Waals surface area contributed by atoms with Gasteiger partial charge < -0.3 is 10.0 Å². The van der Waals surface area contributed by atoms with Gasteiger partial charge >= 0.3 is 0 Å². The molecule has 2 amide bonds. The number of likely N-dealkylation sites (tertiary alicyclic amines) is 1. The highest BCUT2D eigenvalue weighted by Crippen LogP contribution is 2.57. The minimum absolute atomic E-state index is 0.0168. The lowest BCUT2D eigenvalue weighted by molar-refractivity contribution is -0.143. The lowest BCUT2D eigenvalue weighted by atomic mass is 9.53. The normalized spacial score (nSPS) is 32.2. The average molecular weight is 488 g/mol. The molecular formula is C25H33N3O3S2. The molecule has 8 heteroatoms. The number of anilines is 1. The number of thiophene rings is 1. The SMILES string of the molecule is C[C@H](C(=O)N1CCCC1)[C@@H]1CC[C@@]2(C)Cc3sc(NC(=O)c4cccs4)nc3[C@@H](C)[C@@H]2[C@H]1O. The van der Waals surface area contributed by atoms with E-state index in [9.17, 15) is 14.7 Å². The summed E-state index contributed by atoms with van der Waals surface area (Å²) < 4.78 is 0. The van der Waals surface area contributed by atoms with Crippen LogP contribution in [0, 0.1) is 23.2 Å². The molecule has 1 aliphatic heterocycles. The summed E-state index contributed by atoms with van der Waals surface area (Å²) in [5.41, 5.74) is 0.975. The van der Waals surface area contributed by atoms with Gasteiger partial charge in [-0.25, -0.2) is 4.98 Å². The minimum atomic E-state index is -0.528. The zero-order valence-corrected chi connectivity index (χ0v) is 21.2. The molecule has 1 saturated carbocycles. The predicted molar refractivity (Wildman–Crippen MR) is 132 cm³/mol. The van der Waals surface area contributed by atoms with Crippen LogP contribution in [0.15, 0.2) is 17.5 Å². The van der Waals surface area contributed by atoms with Crippen molar-refractivity contribution in [2.45, 2.75) is 64.9 Å². The number of hydrogen-bond donors (Lipinski definition) is 2. The van der Waals surface area contributed by atoms with Gasteiger partial charge in [0, 0.05) is 29.8 Å². The van der Waals surface area contributed by atoms with E-state index in [1.165, 1.54) is 16.2 Å². The highest BCUT2D eigenvalue weighted by molar-refractivity contribution is 7.16. The molecule has 33 heavy (non-hydrogen) atoms. The Bertz CT molecular complexity index is 1030. The lowest BCUT2D eigenvalue weighted by Crippen LogP contribution is -2.53. The first-order valence-corrected chi connectivity index (χ1v) is 13.8. The third-order valence-electron chi connectivity index (χ3n) is 8.34. The van der Waals surface area contributed by atoms with Crippen molar-refractivity contribution in [3.05, 3.63) is 33.0 Å². The fraction of sp³-hybridized carbons (Fsp3) is 0.640. The van der Waals surface area contributed by atoms with E-state index in [1.807, 2.05) is 29.3 Å². The van der Waals surface area contributed by atoms with Crippen molar-refractivity contribution < 1.29 is 14.7 Å². The molecule has 3 aliphatic rings. The molecule has 0 aromatic carbocycles. The van der Waals surface area contributed by atoms with Crippen LogP contribution in [0.2, 0.25) is 0 Å². The van der Waals surface area contributed by atoms with Gasteiger partial charge in [0.05, 0.1) is 16.7 Å². The van der Waals surface area contributed by atoms with Crippen LogP contribution in [-0.2, 0) is 11.2 Å². The Kier molecular flexibility index (Phi) is 6.12. The standard InChI is InChI=1S/C25H33N3O3S2/c1-14(23(31)28-10-4-5-11-28)16-8-9-25(3)13-18-20(15(2)19(25)21(16)29)26-24(33-18)27-22(30)17-7-6-12-32-17/h6-7,12,14-16,19,21,29H,4-5,8-11,13H2,1-3H3,(H,26,27,30)/t14-,15-,16-,19+,21-,25-/m0/s1. The summed E-state index contributed by atoms with van der Waals surface area (Å²) in [5, 5.41) is 17.1. The Morgan fingerprint density at radius 2 is 2.09 bits per heavy atom. The molecule has 0 radical (unpaired) electrons. The van der Waals surface area contributed by atoms with Gasteiger partial charge in [0.1, 0.15) is 0 Å². The Hall–Kier alpha value is -1.77. The monoisotopic (exact) mass is 487 g/mol. The molecule has 6 nitrogen and oxygen atoms in total. The first-order chi connectivity index (χ1) is 15.8. The van der Waals surface area contributed by atoms with Gasteiger partial charge in [0.15, 0.2) is 5.13 Å². The molecule has 0 spiro atoms. The third-order valence-corrected chi connectivity index (χ3v) is 10.2. The second-order valence-electron chi connectivity index (χ2n) is 10.4. The summed E-state index contributed by atoms with van der Waals surface area (Å²) in [6.07, 6.45) is 4.37. The van der Waals surface area contributed by atoms with Gasteiger partial charge in [-0.05, 0) is 60.8 Å². The highest BCUT2D eigenvalue weighted by atomic mass is 32.1. The van der Waals surface area contributed by atoms with Crippen LogP contribution in [0.5, 0.6) is 0 Å². The second-order valence-corrected chi connectivity index (χ2v) is 12.4. The number of thiazole rings is 1. The molecule has 5 rings (SSSR count). The molecule has 178 valence electrons. The molecule has 2 N–H and O–H groups in total. The number of carbonyl (C=O) groups is 2. The molecule has 3 heterocycles. The molecule has 2 aromatic rings. The van der Waals surface area contributed by atoms with Crippen molar-refractivity contribution in [1.29, 1.82) is 0 Å². The van der Waals surface area contributed by atoms with E-state index in [2.05, 4.69) is 19.2 Å². The summed E-state index contributed by atoms with van der Waals surface area (Å²) in [6, 6.07) is 3.68. The summed E-state index contributed by atoms with van der Waals surface area (Å²) in [7, 11) is 0. The zero-order valence-electron chi connectivity index (χ0n) is 19.5. The van der Waals surface area contributed by atoms with Crippen LogP contribution in [0.4, 0.5) is 5.13 Å². The van der Waals surface area contributed by atoms with Crippen molar-refractivity contribution in [3.63, 3.8) is 0 Å². The maximum Gasteiger partial charge on any atom is 0.267 e. The van der Waals surface area contributed by atoms with E-state index < -0.39 is 6.10 Å². The Morgan fingerprint density at radius 1 is 1.33 bits per heavy atom. The molecule has 0 unspecified atom stereocenters. The van der Waals surface area contributed by atoms with Gasteiger partial charge in [-0.3, -0.25) is 14.9 Å². The number of nitrogens with one attached hydrogen (secondary N) is 1. The highest BCUT2D eigenvalue weighted by Gasteiger charge is 2.54. The molecule has 2 aliphatic carbocycles. The van der Waals surface area contributed by atoms with Crippen LogP contribution >= 0.6 is 22.7 Å². The maximum atomic E-state index is 13.1. The number of hydrogen-bond acceptors (Lipinski definition) is 6. The Balaban J connectivity index is 1.36. The second kappa shape index (κ2) is 8.78. The van der Waals surface area contributed by atoms with Crippen molar-refractivity contribution in [3.8, 4) is 0 Å². The van der Waals surface area contributed by atoms with Crippen LogP contribution in [0.1, 0.15) is 72.6 Å². The van der Waals surface area contributed by atoms with E-state index in [4.69, 9.17) is 4.98 Å². The third kappa shape index (κ3) is 4.04. The number of aliphatic hydroxyl groups excluding tert-OH is 1. The fourth-order valence-electron chi connectivity index (χ4n) is 6.58. The van der Waals surface area contributed by atoms with Crippen molar-refractivity contribution in [2.24, 2.45) is 23.2 Å². The van der Waals surface area contributed by atoms with Crippen LogP contribution in [-0.4, -0.2) is 46.0 Å². The first-order valence-electron chi connectivity index (χ1n) is 12.1.